The summed E-state index contributed by atoms with van der Waals surface area (Å²) in [6, 6.07) is 14.1. The van der Waals surface area contributed by atoms with E-state index in [4.69, 9.17) is 4.74 Å². The first kappa shape index (κ1) is 16.9. The summed E-state index contributed by atoms with van der Waals surface area (Å²) in [7, 11) is 5.80. The van der Waals surface area contributed by atoms with Gasteiger partial charge in [0, 0.05) is 29.6 Å². The molecule has 0 unspecified atom stereocenters. The van der Waals surface area contributed by atoms with E-state index in [0.717, 1.165) is 65.0 Å². The predicted molar refractivity (Wildman–Crippen MR) is 104 cm³/mol. The second-order valence-electron chi connectivity index (χ2n) is 7.15. The summed E-state index contributed by atoms with van der Waals surface area (Å²) < 4.78 is 7.64. The summed E-state index contributed by atoms with van der Waals surface area (Å²) in [4.78, 5) is 15.6. The molecule has 0 N–H and O–H groups in total. The van der Waals surface area contributed by atoms with Gasteiger partial charge in [0.1, 0.15) is 5.75 Å². The van der Waals surface area contributed by atoms with Crippen LogP contribution in [0.4, 0.5) is 0 Å². The average Bonchev–Trinajstić information content (AvgIpc) is 2.88. The third-order valence-electron chi connectivity index (χ3n) is 5.27. The summed E-state index contributed by atoms with van der Waals surface area (Å²) in [5.74, 6) is 0.973. The number of hydrogen-bond donors (Lipinski definition) is 0. The molecule has 0 saturated carbocycles. The maximum Gasteiger partial charge on any atom is 0.209 e. The van der Waals surface area contributed by atoms with Crippen molar-refractivity contribution in [1.29, 1.82) is 0 Å². The van der Waals surface area contributed by atoms with Crippen LogP contribution in [-0.2, 0) is 19.4 Å². The van der Waals surface area contributed by atoms with Crippen molar-refractivity contribution >= 4 is 16.7 Å². The molecule has 1 aliphatic carbocycles. The Morgan fingerprint density at radius 1 is 1.12 bits per heavy atom. The molecule has 4 rings (SSSR count). The van der Waals surface area contributed by atoms with Gasteiger partial charge in [-0.2, -0.15) is 0 Å². The van der Waals surface area contributed by atoms with Gasteiger partial charge in [-0.15, -0.1) is 0 Å². The Labute approximate surface area is 154 Å². The lowest BCUT2D eigenvalue weighted by atomic mass is 10.0. The minimum atomic E-state index is 0.141. The van der Waals surface area contributed by atoms with Crippen molar-refractivity contribution < 1.29 is 9.53 Å². The van der Waals surface area contributed by atoms with Gasteiger partial charge in [0.15, 0.2) is 0 Å². The molecule has 3 aromatic rings. The van der Waals surface area contributed by atoms with E-state index in [0.29, 0.717) is 0 Å². The second kappa shape index (κ2) is 6.61. The monoisotopic (exact) mass is 348 g/mol. The first-order valence-electron chi connectivity index (χ1n) is 9.06. The standard InChI is InChI=1S/C22H24N2O2/c1-23(2)12-13-24-20-11-9-16(26-3)14-19(20)18-10-8-15-6-4-5-7-17(15)22(25)21(18)24/h4-7,9,11,14H,8,10,12-13H2,1-3H3. The summed E-state index contributed by atoms with van der Waals surface area (Å²) in [5.41, 5.74) is 5.10. The smallest absolute Gasteiger partial charge is 0.209 e. The number of fused-ring (bicyclic) bond motifs is 4. The summed E-state index contributed by atoms with van der Waals surface area (Å²) >= 11 is 0. The van der Waals surface area contributed by atoms with Gasteiger partial charge >= 0.3 is 0 Å². The normalized spacial score (nSPS) is 13.6. The van der Waals surface area contributed by atoms with E-state index >= 15 is 0 Å². The van der Waals surface area contributed by atoms with Crippen LogP contribution < -0.4 is 4.74 Å². The SMILES string of the molecule is COc1ccc2c(c1)c1c(n2CCN(C)C)C(=O)c2ccccc2CC1. The number of benzene rings is 2. The Morgan fingerprint density at radius 2 is 1.92 bits per heavy atom. The molecule has 0 bridgehead atoms. The van der Waals surface area contributed by atoms with Crippen LogP contribution in [-0.4, -0.2) is 43.0 Å². The van der Waals surface area contributed by atoms with Crippen molar-refractivity contribution in [2.24, 2.45) is 0 Å². The van der Waals surface area contributed by atoms with Crippen LogP contribution in [0.1, 0.15) is 27.2 Å². The van der Waals surface area contributed by atoms with Crippen molar-refractivity contribution in [2.45, 2.75) is 19.4 Å². The zero-order chi connectivity index (χ0) is 18.3. The van der Waals surface area contributed by atoms with E-state index in [1.165, 1.54) is 0 Å². The molecule has 4 heteroatoms. The molecule has 0 saturated heterocycles. The molecule has 26 heavy (non-hydrogen) atoms. The molecule has 0 amide bonds. The molecule has 1 heterocycles. The van der Waals surface area contributed by atoms with E-state index in [1.807, 2.05) is 24.3 Å². The number of hydrogen-bond acceptors (Lipinski definition) is 3. The van der Waals surface area contributed by atoms with Gasteiger partial charge in [0.2, 0.25) is 5.78 Å². The van der Waals surface area contributed by atoms with Crippen molar-refractivity contribution in [1.82, 2.24) is 9.47 Å². The number of likely N-dealkylation sites (N-methyl/N-ethyl adjacent to an activating group) is 1. The van der Waals surface area contributed by atoms with Crippen molar-refractivity contribution in [3.05, 3.63) is 64.8 Å². The Bertz CT molecular complexity index is 985. The number of aryl methyl sites for hydroxylation is 2. The van der Waals surface area contributed by atoms with Gasteiger partial charge in [-0.3, -0.25) is 4.79 Å². The zero-order valence-electron chi connectivity index (χ0n) is 15.6. The summed E-state index contributed by atoms with van der Waals surface area (Å²) in [6.07, 6.45) is 1.76. The van der Waals surface area contributed by atoms with E-state index in [1.54, 1.807) is 7.11 Å². The van der Waals surface area contributed by atoms with E-state index < -0.39 is 0 Å². The maximum atomic E-state index is 13.5. The van der Waals surface area contributed by atoms with Gasteiger partial charge in [-0.1, -0.05) is 24.3 Å². The number of methoxy groups -OCH3 is 1. The van der Waals surface area contributed by atoms with E-state index in [2.05, 4.69) is 41.8 Å². The molecule has 1 aliphatic rings. The first-order valence-corrected chi connectivity index (χ1v) is 9.06. The van der Waals surface area contributed by atoms with Gasteiger partial charge in [-0.05, 0) is 56.3 Å². The predicted octanol–water partition coefficient (Wildman–Crippen LogP) is 3.54. The van der Waals surface area contributed by atoms with Gasteiger partial charge in [0.05, 0.1) is 12.8 Å². The fourth-order valence-corrected chi connectivity index (χ4v) is 3.92. The first-order chi connectivity index (χ1) is 12.6. The number of rotatable bonds is 4. The molecule has 2 aromatic carbocycles. The number of ketones is 1. The number of carbonyl (C=O) groups excluding carboxylic acids is 1. The molecule has 4 nitrogen and oxygen atoms in total. The highest BCUT2D eigenvalue weighted by atomic mass is 16.5. The fraction of sp³-hybridized carbons (Fsp3) is 0.318. The van der Waals surface area contributed by atoms with Gasteiger partial charge in [-0.25, -0.2) is 0 Å². The third kappa shape index (κ3) is 2.71. The average molecular weight is 348 g/mol. The van der Waals surface area contributed by atoms with Crippen LogP contribution in [0.25, 0.3) is 10.9 Å². The van der Waals surface area contributed by atoms with Crippen LogP contribution in [0.15, 0.2) is 42.5 Å². The Hall–Kier alpha value is -2.59. The number of ether oxygens (including phenoxy) is 1. The summed E-state index contributed by atoms with van der Waals surface area (Å²) in [6.45, 7) is 1.68. The van der Waals surface area contributed by atoms with Crippen LogP contribution >= 0.6 is 0 Å². The van der Waals surface area contributed by atoms with Crippen molar-refractivity contribution in [2.75, 3.05) is 27.7 Å². The molecule has 134 valence electrons. The lowest BCUT2D eigenvalue weighted by Gasteiger charge is -2.14. The largest absolute Gasteiger partial charge is 0.497 e. The van der Waals surface area contributed by atoms with Crippen LogP contribution in [0.5, 0.6) is 5.75 Å². The molecule has 1 aromatic heterocycles. The quantitative estimate of drug-likeness (QED) is 0.723. The fourth-order valence-electron chi connectivity index (χ4n) is 3.92. The van der Waals surface area contributed by atoms with Gasteiger partial charge < -0.3 is 14.2 Å². The molecular formula is C22H24N2O2. The topological polar surface area (TPSA) is 34.5 Å². The molecule has 0 atom stereocenters. The second-order valence-corrected chi connectivity index (χ2v) is 7.15. The molecular weight excluding hydrogens is 324 g/mol. The molecule has 0 spiro atoms. The zero-order valence-corrected chi connectivity index (χ0v) is 15.6. The molecule has 0 fully saturated rings. The van der Waals surface area contributed by atoms with Crippen molar-refractivity contribution in [3.8, 4) is 5.75 Å². The summed E-state index contributed by atoms with van der Waals surface area (Å²) in [5, 5.41) is 1.14. The highest BCUT2D eigenvalue weighted by Crippen LogP contribution is 2.34. The van der Waals surface area contributed by atoms with Crippen LogP contribution in [0.2, 0.25) is 0 Å². The van der Waals surface area contributed by atoms with E-state index in [-0.39, 0.29) is 5.78 Å². The van der Waals surface area contributed by atoms with Crippen molar-refractivity contribution in [3.63, 3.8) is 0 Å². The van der Waals surface area contributed by atoms with E-state index in [9.17, 15) is 4.79 Å². The maximum absolute atomic E-state index is 13.5. The minimum Gasteiger partial charge on any atom is -0.497 e. The lowest BCUT2D eigenvalue weighted by molar-refractivity contribution is 0.102. The third-order valence-corrected chi connectivity index (χ3v) is 5.27. The van der Waals surface area contributed by atoms with Gasteiger partial charge in [0.25, 0.3) is 0 Å². The molecule has 0 aliphatic heterocycles. The Kier molecular flexibility index (Phi) is 4.29. The Balaban J connectivity index is 1.96. The number of carbonyl (C=O) groups is 1. The van der Waals surface area contributed by atoms with Crippen LogP contribution in [0.3, 0.4) is 0 Å². The molecule has 0 radical (unpaired) electrons. The highest BCUT2D eigenvalue weighted by molar-refractivity contribution is 6.13. The number of nitrogens with zero attached hydrogens (tertiary/aromatic N) is 2. The number of aromatic nitrogens is 1. The minimum absolute atomic E-state index is 0.141. The van der Waals surface area contributed by atoms with Crippen LogP contribution in [0, 0.1) is 0 Å². The Morgan fingerprint density at radius 3 is 2.69 bits per heavy atom. The lowest BCUT2D eigenvalue weighted by Crippen LogP contribution is -2.21. The highest BCUT2D eigenvalue weighted by Gasteiger charge is 2.28.